The molecule has 3 heterocycles. The average molecular weight is 605 g/mol. The van der Waals surface area contributed by atoms with Gasteiger partial charge in [-0.25, -0.2) is 4.79 Å². The third-order valence-corrected chi connectivity index (χ3v) is 8.88. The lowest BCUT2D eigenvalue weighted by molar-refractivity contribution is -0.139. The number of nitrogens with zero attached hydrogens (tertiary/aromatic N) is 1. The number of rotatable bonds is 10. The number of likely N-dealkylation sites (tertiary alicyclic amines) is 1. The Balaban J connectivity index is 1.08. The third-order valence-electron chi connectivity index (χ3n) is 8.88. The zero-order valence-electron chi connectivity index (χ0n) is 25.1. The topological polar surface area (TPSA) is 120 Å². The van der Waals surface area contributed by atoms with E-state index in [4.69, 9.17) is 18.9 Å². The van der Waals surface area contributed by atoms with E-state index in [0.29, 0.717) is 56.2 Å². The number of esters is 2. The number of ether oxygens (including phenoxy) is 4. The van der Waals surface area contributed by atoms with Crippen molar-refractivity contribution in [3.05, 3.63) is 65.2 Å². The lowest BCUT2D eigenvalue weighted by atomic mass is 10.00. The first-order valence-electron chi connectivity index (χ1n) is 15.8. The van der Waals surface area contributed by atoms with E-state index in [2.05, 4.69) is 29.6 Å². The van der Waals surface area contributed by atoms with Gasteiger partial charge in [-0.2, -0.15) is 0 Å². The van der Waals surface area contributed by atoms with Gasteiger partial charge in [-0.15, -0.1) is 0 Å². The van der Waals surface area contributed by atoms with Crippen molar-refractivity contribution in [2.45, 2.75) is 82.1 Å². The largest absolute Gasteiger partial charge is 0.484 e. The molecule has 1 N–H and O–H groups in total. The van der Waals surface area contributed by atoms with Crippen molar-refractivity contribution in [1.82, 2.24) is 10.2 Å². The van der Waals surface area contributed by atoms with E-state index in [1.807, 2.05) is 6.92 Å². The fourth-order valence-corrected chi connectivity index (χ4v) is 6.21. The maximum absolute atomic E-state index is 13.0. The summed E-state index contributed by atoms with van der Waals surface area (Å²) < 4.78 is 22.7. The molecule has 10 nitrogen and oxygen atoms in total. The molecule has 3 saturated heterocycles. The Kier molecular flexibility index (Phi) is 9.16. The minimum atomic E-state index is -0.473. The molecule has 4 aliphatic rings. The van der Waals surface area contributed by atoms with Gasteiger partial charge in [0, 0.05) is 13.2 Å². The molecule has 0 radical (unpaired) electrons. The van der Waals surface area contributed by atoms with E-state index in [1.165, 1.54) is 18.4 Å². The highest BCUT2D eigenvalue weighted by Crippen LogP contribution is 2.40. The molecule has 1 saturated carbocycles. The van der Waals surface area contributed by atoms with Crippen molar-refractivity contribution in [3.8, 4) is 5.75 Å². The molecule has 0 spiro atoms. The number of piperidine rings is 1. The van der Waals surface area contributed by atoms with Crippen molar-refractivity contribution < 1.29 is 38.1 Å². The number of nitrogens with one attached hydrogen (secondary N) is 1. The normalized spacial score (nSPS) is 24.7. The Labute approximate surface area is 257 Å². The van der Waals surface area contributed by atoms with Gasteiger partial charge in [0.2, 0.25) is 11.8 Å². The van der Waals surface area contributed by atoms with E-state index < -0.39 is 30.2 Å². The lowest BCUT2D eigenvalue weighted by Crippen LogP contribution is -2.46. The molecule has 0 aromatic heterocycles. The summed E-state index contributed by atoms with van der Waals surface area (Å²) in [7, 11) is 0. The SMILES string of the molecule is CC(NC(=O)[C@H]1CCCO1)[C@H](Oc1ccc(C(=O)O[C@H]2CCCN(C(=O)[C@H]3COC(=O)C3)C2)cc1)c1ccc(C2CC2)cc1. The second-order valence-electron chi connectivity index (χ2n) is 12.3. The van der Waals surface area contributed by atoms with Crippen LogP contribution in [0.2, 0.25) is 0 Å². The van der Waals surface area contributed by atoms with Crippen LogP contribution in [0.3, 0.4) is 0 Å². The molecule has 44 heavy (non-hydrogen) atoms. The van der Waals surface area contributed by atoms with Crippen LogP contribution in [0.4, 0.5) is 0 Å². The second kappa shape index (κ2) is 13.4. The van der Waals surface area contributed by atoms with Gasteiger partial charge in [0.1, 0.15) is 30.7 Å². The summed E-state index contributed by atoms with van der Waals surface area (Å²) in [6.45, 7) is 3.50. The molecule has 5 atom stereocenters. The molecule has 3 aliphatic heterocycles. The summed E-state index contributed by atoms with van der Waals surface area (Å²) in [6.07, 6.45) is 4.17. The summed E-state index contributed by atoms with van der Waals surface area (Å²) in [4.78, 5) is 51.7. The zero-order valence-corrected chi connectivity index (χ0v) is 25.1. The Hall–Kier alpha value is -3.92. The van der Waals surface area contributed by atoms with E-state index in [1.54, 1.807) is 29.2 Å². The van der Waals surface area contributed by atoms with E-state index in [-0.39, 0.29) is 36.9 Å². The summed E-state index contributed by atoms with van der Waals surface area (Å²) in [5, 5.41) is 3.08. The van der Waals surface area contributed by atoms with Crippen LogP contribution in [0.15, 0.2) is 48.5 Å². The van der Waals surface area contributed by atoms with Crippen LogP contribution in [-0.2, 0) is 28.6 Å². The summed E-state index contributed by atoms with van der Waals surface area (Å²) in [5.41, 5.74) is 2.64. The van der Waals surface area contributed by atoms with Gasteiger partial charge in [0.05, 0.1) is 30.5 Å². The lowest BCUT2D eigenvalue weighted by Gasteiger charge is -2.33. The molecule has 6 rings (SSSR count). The first-order chi connectivity index (χ1) is 21.3. The van der Waals surface area contributed by atoms with Crippen molar-refractivity contribution >= 4 is 23.8 Å². The number of hydrogen-bond donors (Lipinski definition) is 1. The molecular weight excluding hydrogens is 564 g/mol. The predicted molar refractivity (Wildman–Crippen MR) is 159 cm³/mol. The Morgan fingerprint density at radius 2 is 1.75 bits per heavy atom. The average Bonchev–Trinajstić information content (AvgIpc) is 3.55. The molecule has 234 valence electrons. The highest BCUT2D eigenvalue weighted by molar-refractivity contribution is 5.90. The fraction of sp³-hybridized carbons (Fsp3) is 0.529. The van der Waals surface area contributed by atoms with Gasteiger partial charge >= 0.3 is 11.9 Å². The maximum atomic E-state index is 13.0. The van der Waals surface area contributed by atoms with Crippen LogP contribution in [0.25, 0.3) is 0 Å². The van der Waals surface area contributed by atoms with Crippen LogP contribution in [0, 0.1) is 5.92 Å². The summed E-state index contributed by atoms with van der Waals surface area (Å²) in [5.74, 6) is -0.362. The zero-order chi connectivity index (χ0) is 30.6. The molecule has 2 amide bonds. The van der Waals surface area contributed by atoms with Gasteiger partial charge in [-0.3, -0.25) is 14.4 Å². The monoisotopic (exact) mass is 604 g/mol. The third kappa shape index (κ3) is 7.23. The van der Waals surface area contributed by atoms with Crippen LogP contribution >= 0.6 is 0 Å². The minimum absolute atomic E-state index is 0.0981. The Bertz CT molecular complexity index is 1350. The Morgan fingerprint density at radius 1 is 0.977 bits per heavy atom. The van der Waals surface area contributed by atoms with Crippen molar-refractivity contribution in [2.75, 3.05) is 26.3 Å². The van der Waals surface area contributed by atoms with Gasteiger partial charge < -0.3 is 29.2 Å². The Morgan fingerprint density at radius 3 is 2.41 bits per heavy atom. The molecule has 2 aromatic rings. The second-order valence-corrected chi connectivity index (χ2v) is 12.3. The minimum Gasteiger partial charge on any atom is -0.484 e. The standard InChI is InChI=1S/C34H40N2O8/c1-21(35-32(38)29-5-3-17-41-29)31(24-10-8-23(9-11-24)22-6-7-22)43-27-14-12-25(13-15-27)34(40)44-28-4-2-16-36(19-28)33(39)26-18-30(37)42-20-26/h8-15,21-22,26,28-29,31H,2-7,16-20H2,1H3,(H,35,38)/t21?,26-,28+,29-,31+/m1/s1. The van der Waals surface area contributed by atoms with Crippen molar-refractivity contribution in [1.29, 1.82) is 0 Å². The molecule has 1 aliphatic carbocycles. The summed E-state index contributed by atoms with van der Waals surface area (Å²) >= 11 is 0. The van der Waals surface area contributed by atoms with Gasteiger partial charge in [-0.1, -0.05) is 24.3 Å². The van der Waals surface area contributed by atoms with Crippen LogP contribution in [-0.4, -0.2) is 73.2 Å². The van der Waals surface area contributed by atoms with Crippen LogP contribution in [0.5, 0.6) is 5.75 Å². The fourth-order valence-electron chi connectivity index (χ4n) is 6.21. The first-order valence-corrected chi connectivity index (χ1v) is 15.8. The molecule has 4 fully saturated rings. The highest BCUT2D eigenvalue weighted by atomic mass is 16.5. The number of amides is 2. The van der Waals surface area contributed by atoms with Gasteiger partial charge in [0.15, 0.2) is 0 Å². The molecule has 10 heteroatoms. The number of carbonyl (C=O) groups is 4. The maximum Gasteiger partial charge on any atom is 0.338 e. The molecular formula is C34H40N2O8. The number of carbonyl (C=O) groups excluding carboxylic acids is 4. The molecule has 0 bridgehead atoms. The number of cyclic esters (lactones) is 1. The van der Waals surface area contributed by atoms with E-state index in [0.717, 1.165) is 12.0 Å². The number of hydrogen-bond acceptors (Lipinski definition) is 8. The van der Waals surface area contributed by atoms with Gasteiger partial charge in [-0.05, 0) is 86.8 Å². The van der Waals surface area contributed by atoms with Crippen molar-refractivity contribution in [2.24, 2.45) is 5.92 Å². The van der Waals surface area contributed by atoms with E-state index in [9.17, 15) is 19.2 Å². The quantitative estimate of drug-likeness (QED) is 0.403. The number of benzene rings is 2. The first kappa shape index (κ1) is 30.1. The highest BCUT2D eigenvalue weighted by Gasteiger charge is 2.36. The predicted octanol–water partition coefficient (Wildman–Crippen LogP) is 4.08. The van der Waals surface area contributed by atoms with Crippen molar-refractivity contribution in [3.63, 3.8) is 0 Å². The molecule has 1 unspecified atom stereocenters. The summed E-state index contributed by atoms with van der Waals surface area (Å²) in [6, 6.07) is 14.8. The van der Waals surface area contributed by atoms with Crippen LogP contribution < -0.4 is 10.1 Å². The van der Waals surface area contributed by atoms with Crippen LogP contribution in [0.1, 0.15) is 85.4 Å². The smallest absolute Gasteiger partial charge is 0.338 e. The van der Waals surface area contributed by atoms with Gasteiger partial charge in [0.25, 0.3) is 0 Å². The molecule has 2 aromatic carbocycles. The van der Waals surface area contributed by atoms with E-state index >= 15 is 0 Å².